The molecule has 0 heterocycles. The van der Waals surface area contributed by atoms with Gasteiger partial charge in [-0.2, -0.15) is 24.9 Å². The first-order valence-electron chi connectivity index (χ1n) is 5.96. The number of carbonyl (C=O) groups excluding carboxylic acids is 1. The molecule has 0 amide bonds. The lowest BCUT2D eigenvalue weighted by Gasteiger charge is -2.14. The summed E-state index contributed by atoms with van der Waals surface area (Å²) in [7, 11) is 0. The average Bonchev–Trinajstić information content (AvgIpc) is 2.37. The number of aldehydes is 1. The second-order valence-corrected chi connectivity index (χ2v) is 5.35. The molecule has 1 rings (SSSR count). The second-order valence-electron chi connectivity index (χ2n) is 4.20. The van der Waals surface area contributed by atoms with Crippen molar-refractivity contribution in [2.75, 3.05) is 11.5 Å². The number of hydrogen-bond donors (Lipinski definition) is 0. The molecule has 1 aromatic carbocycles. The highest BCUT2D eigenvalue weighted by atomic mass is 32.2. The third kappa shape index (κ3) is 5.68. The topological polar surface area (TPSA) is 17.1 Å². The standard InChI is InChI=1S/C14H16F3OS/c1-11(4-3-8-19-9-7-18)12-5-2-6-13(10-12)14(15,16)17/h2,5-7,10-11H,1,3-4,8-9H2. The first-order valence-corrected chi connectivity index (χ1v) is 7.12. The molecule has 0 aliphatic heterocycles. The van der Waals surface area contributed by atoms with Gasteiger partial charge in [-0.1, -0.05) is 18.2 Å². The Morgan fingerprint density at radius 1 is 1.37 bits per heavy atom. The summed E-state index contributed by atoms with van der Waals surface area (Å²) in [6, 6.07) is 5.31. The molecular formula is C14H16F3OS. The molecular weight excluding hydrogens is 273 g/mol. The molecule has 1 unspecified atom stereocenters. The zero-order chi connectivity index (χ0) is 14.3. The number of hydrogen-bond acceptors (Lipinski definition) is 2. The predicted octanol–water partition coefficient (Wildman–Crippen LogP) is 4.34. The SMILES string of the molecule is [CH2]C(CCCSCC=O)c1cccc(C(F)(F)F)c1. The lowest BCUT2D eigenvalue weighted by Crippen LogP contribution is -2.06. The van der Waals surface area contributed by atoms with Crippen molar-refractivity contribution in [3.8, 4) is 0 Å². The summed E-state index contributed by atoms with van der Waals surface area (Å²) in [5, 5.41) is 0. The Hall–Kier alpha value is -0.970. The van der Waals surface area contributed by atoms with Crippen LogP contribution >= 0.6 is 11.8 Å². The highest BCUT2D eigenvalue weighted by molar-refractivity contribution is 7.99. The van der Waals surface area contributed by atoms with Crippen LogP contribution in [0.1, 0.15) is 29.9 Å². The monoisotopic (exact) mass is 289 g/mol. The number of alkyl halides is 3. The van der Waals surface area contributed by atoms with Gasteiger partial charge in [-0.05, 0) is 43.1 Å². The van der Waals surface area contributed by atoms with Crippen molar-refractivity contribution in [2.45, 2.75) is 24.9 Å². The third-order valence-corrected chi connectivity index (χ3v) is 3.66. The van der Waals surface area contributed by atoms with Gasteiger partial charge >= 0.3 is 6.18 Å². The summed E-state index contributed by atoms with van der Waals surface area (Å²) in [6.45, 7) is 3.90. The van der Waals surface area contributed by atoms with E-state index >= 15 is 0 Å². The minimum absolute atomic E-state index is 0.154. The smallest absolute Gasteiger partial charge is 0.302 e. The fourth-order valence-electron chi connectivity index (χ4n) is 1.70. The van der Waals surface area contributed by atoms with Gasteiger partial charge in [0.05, 0.1) is 5.56 Å². The molecule has 0 spiro atoms. The van der Waals surface area contributed by atoms with Crippen molar-refractivity contribution in [3.05, 3.63) is 42.3 Å². The summed E-state index contributed by atoms with van der Waals surface area (Å²) in [5.74, 6) is 1.13. The van der Waals surface area contributed by atoms with Crippen molar-refractivity contribution in [1.29, 1.82) is 0 Å². The maximum Gasteiger partial charge on any atom is 0.416 e. The van der Waals surface area contributed by atoms with Crippen LogP contribution in [0.25, 0.3) is 0 Å². The van der Waals surface area contributed by atoms with E-state index in [4.69, 9.17) is 0 Å². The van der Waals surface area contributed by atoms with Crippen molar-refractivity contribution >= 4 is 18.0 Å². The number of rotatable bonds is 7. The molecule has 0 N–H and O–H groups in total. The van der Waals surface area contributed by atoms with Crippen LogP contribution < -0.4 is 0 Å². The summed E-state index contributed by atoms with van der Waals surface area (Å²) >= 11 is 1.52. The van der Waals surface area contributed by atoms with E-state index in [1.54, 1.807) is 6.07 Å². The van der Waals surface area contributed by atoms with Crippen molar-refractivity contribution in [2.24, 2.45) is 0 Å². The molecule has 1 nitrogen and oxygen atoms in total. The van der Waals surface area contributed by atoms with Gasteiger partial charge in [-0.3, -0.25) is 0 Å². The summed E-state index contributed by atoms with van der Waals surface area (Å²) in [5.41, 5.74) is -0.0239. The van der Waals surface area contributed by atoms with E-state index in [-0.39, 0.29) is 5.92 Å². The first kappa shape index (κ1) is 16.1. The number of carbonyl (C=O) groups is 1. The highest BCUT2D eigenvalue weighted by Gasteiger charge is 2.30. The minimum atomic E-state index is -4.31. The molecule has 0 aromatic heterocycles. The number of benzene rings is 1. The molecule has 0 aliphatic rings. The van der Waals surface area contributed by atoms with Crippen LogP contribution in [0.15, 0.2) is 24.3 Å². The molecule has 5 heteroatoms. The lowest BCUT2D eigenvalue weighted by atomic mass is 9.95. The van der Waals surface area contributed by atoms with Gasteiger partial charge in [0.2, 0.25) is 0 Å². The van der Waals surface area contributed by atoms with Gasteiger partial charge in [-0.15, -0.1) is 0 Å². The molecule has 0 aliphatic carbocycles. The summed E-state index contributed by atoms with van der Waals surface area (Å²) in [6.07, 6.45) is -1.91. The molecule has 19 heavy (non-hydrogen) atoms. The maximum atomic E-state index is 12.6. The van der Waals surface area contributed by atoms with Crippen LogP contribution in [0.3, 0.4) is 0 Å². The van der Waals surface area contributed by atoms with Crippen molar-refractivity contribution < 1.29 is 18.0 Å². The summed E-state index contributed by atoms with van der Waals surface area (Å²) in [4.78, 5) is 10.1. The maximum absolute atomic E-state index is 12.6. The third-order valence-electron chi connectivity index (χ3n) is 2.71. The van der Waals surface area contributed by atoms with Crippen molar-refractivity contribution in [1.82, 2.24) is 0 Å². The number of thioether (sulfide) groups is 1. The second kappa shape index (κ2) is 7.58. The molecule has 105 valence electrons. The molecule has 0 saturated heterocycles. The van der Waals surface area contributed by atoms with E-state index in [1.807, 2.05) is 0 Å². The Bertz CT molecular complexity index is 404. The normalized spacial score (nSPS) is 13.3. The Morgan fingerprint density at radius 3 is 2.74 bits per heavy atom. The van der Waals surface area contributed by atoms with E-state index < -0.39 is 11.7 Å². The van der Waals surface area contributed by atoms with E-state index in [9.17, 15) is 18.0 Å². The van der Waals surface area contributed by atoms with Crippen LogP contribution in [-0.2, 0) is 11.0 Å². The fraction of sp³-hybridized carbons (Fsp3) is 0.429. The molecule has 1 aromatic rings. The predicted molar refractivity (Wildman–Crippen MR) is 72.2 cm³/mol. The van der Waals surface area contributed by atoms with Crippen LogP contribution in [0.2, 0.25) is 0 Å². The van der Waals surface area contributed by atoms with Gasteiger partial charge in [0.1, 0.15) is 6.29 Å². The largest absolute Gasteiger partial charge is 0.416 e. The van der Waals surface area contributed by atoms with E-state index in [2.05, 4.69) is 6.92 Å². The van der Waals surface area contributed by atoms with E-state index in [0.29, 0.717) is 17.7 Å². The Kier molecular flexibility index (Phi) is 6.42. The fourth-order valence-corrected chi connectivity index (χ4v) is 2.33. The van der Waals surface area contributed by atoms with Crippen LogP contribution in [0.5, 0.6) is 0 Å². The molecule has 0 saturated carbocycles. The van der Waals surface area contributed by atoms with Crippen LogP contribution in [-0.4, -0.2) is 17.8 Å². The van der Waals surface area contributed by atoms with Gasteiger partial charge in [0.15, 0.2) is 0 Å². The van der Waals surface area contributed by atoms with Gasteiger partial charge in [-0.25, -0.2) is 0 Å². The molecule has 1 radical (unpaired) electrons. The molecule has 1 atom stereocenters. The Labute approximate surface area is 115 Å². The Morgan fingerprint density at radius 2 is 2.11 bits per heavy atom. The van der Waals surface area contributed by atoms with Gasteiger partial charge in [0, 0.05) is 5.75 Å². The van der Waals surface area contributed by atoms with Crippen LogP contribution in [0, 0.1) is 6.92 Å². The first-order chi connectivity index (χ1) is 8.95. The van der Waals surface area contributed by atoms with Crippen molar-refractivity contribution in [3.63, 3.8) is 0 Å². The van der Waals surface area contributed by atoms with E-state index in [0.717, 1.165) is 30.6 Å². The average molecular weight is 289 g/mol. The minimum Gasteiger partial charge on any atom is -0.302 e. The zero-order valence-corrected chi connectivity index (χ0v) is 11.3. The highest BCUT2D eigenvalue weighted by Crippen LogP contribution is 2.31. The zero-order valence-electron chi connectivity index (χ0n) is 10.5. The van der Waals surface area contributed by atoms with E-state index in [1.165, 1.54) is 17.8 Å². The number of halogens is 3. The molecule has 0 bridgehead atoms. The Balaban J connectivity index is 2.52. The van der Waals surface area contributed by atoms with Crippen LogP contribution in [0.4, 0.5) is 13.2 Å². The van der Waals surface area contributed by atoms with Gasteiger partial charge < -0.3 is 4.79 Å². The summed E-state index contributed by atoms with van der Waals surface area (Å²) < 4.78 is 37.7. The quantitative estimate of drug-likeness (QED) is 0.549. The molecule has 0 fully saturated rings. The lowest BCUT2D eigenvalue weighted by molar-refractivity contribution is -0.137. The van der Waals surface area contributed by atoms with Gasteiger partial charge in [0.25, 0.3) is 0 Å².